The van der Waals surface area contributed by atoms with Crippen LogP contribution in [0, 0.1) is 13.8 Å². The number of aryl methyl sites for hydroxylation is 2. The first-order valence-electron chi connectivity index (χ1n) is 8.33. The molecule has 0 aliphatic rings. The summed E-state index contributed by atoms with van der Waals surface area (Å²) >= 11 is 0. The van der Waals surface area contributed by atoms with E-state index in [9.17, 15) is 19.8 Å². The molecule has 0 radical (unpaired) electrons. The fraction of sp³-hybridized carbons (Fsp3) is 0.143. The van der Waals surface area contributed by atoms with Gasteiger partial charge in [0.2, 0.25) is 0 Å². The third kappa shape index (κ3) is 2.71. The standard InChI is InChI=1S/C21H16O6/c1-10-3-5-15-12(7-10)18(22)14(9-26-15)20(24)17-19(23)13-8-11(2)4-6-16(13)27-21(17)25/h3-9,20,23-24H,1-2H3. The first-order chi connectivity index (χ1) is 12.9. The molecule has 0 fully saturated rings. The maximum atomic E-state index is 12.8. The van der Waals surface area contributed by atoms with E-state index in [1.165, 1.54) is 0 Å². The Labute approximate surface area is 152 Å². The van der Waals surface area contributed by atoms with Gasteiger partial charge in [-0.15, -0.1) is 0 Å². The Morgan fingerprint density at radius 1 is 0.926 bits per heavy atom. The van der Waals surface area contributed by atoms with Crippen molar-refractivity contribution in [1.82, 2.24) is 0 Å². The average molecular weight is 364 g/mol. The van der Waals surface area contributed by atoms with Crippen LogP contribution < -0.4 is 11.1 Å². The molecular weight excluding hydrogens is 348 g/mol. The Balaban J connectivity index is 1.97. The highest BCUT2D eigenvalue weighted by Crippen LogP contribution is 2.33. The topological polar surface area (TPSA) is 101 Å². The van der Waals surface area contributed by atoms with Crippen molar-refractivity contribution in [2.24, 2.45) is 0 Å². The van der Waals surface area contributed by atoms with Crippen molar-refractivity contribution in [1.29, 1.82) is 0 Å². The van der Waals surface area contributed by atoms with Gasteiger partial charge in [0.05, 0.1) is 16.3 Å². The molecule has 0 spiro atoms. The predicted molar refractivity (Wildman–Crippen MR) is 100 cm³/mol. The summed E-state index contributed by atoms with van der Waals surface area (Å²) in [4.78, 5) is 25.2. The lowest BCUT2D eigenvalue weighted by atomic mass is 10.00. The van der Waals surface area contributed by atoms with Crippen molar-refractivity contribution in [3.05, 3.63) is 85.6 Å². The van der Waals surface area contributed by atoms with E-state index in [0.717, 1.165) is 17.4 Å². The molecule has 6 heteroatoms. The van der Waals surface area contributed by atoms with Gasteiger partial charge in [0, 0.05) is 0 Å². The fourth-order valence-electron chi connectivity index (χ4n) is 3.16. The molecule has 1 unspecified atom stereocenters. The Hall–Kier alpha value is -3.38. The van der Waals surface area contributed by atoms with Gasteiger partial charge < -0.3 is 19.0 Å². The van der Waals surface area contributed by atoms with Crippen molar-refractivity contribution >= 4 is 21.9 Å². The zero-order chi connectivity index (χ0) is 19.3. The Kier molecular flexibility index (Phi) is 3.86. The van der Waals surface area contributed by atoms with Gasteiger partial charge in [0.1, 0.15) is 34.8 Å². The highest BCUT2D eigenvalue weighted by Gasteiger charge is 2.26. The minimum absolute atomic E-state index is 0.150. The Bertz CT molecular complexity index is 1310. The van der Waals surface area contributed by atoms with Crippen molar-refractivity contribution < 1.29 is 19.0 Å². The maximum absolute atomic E-state index is 12.8. The molecule has 1 atom stereocenters. The quantitative estimate of drug-likeness (QED) is 0.529. The summed E-state index contributed by atoms with van der Waals surface area (Å²) in [5, 5.41) is 21.9. The lowest BCUT2D eigenvalue weighted by Crippen LogP contribution is -2.20. The fourth-order valence-corrected chi connectivity index (χ4v) is 3.16. The van der Waals surface area contributed by atoms with Gasteiger partial charge in [-0.2, -0.15) is 0 Å². The molecule has 4 aromatic rings. The van der Waals surface area contributed by atoms with Gasteiger partial charge in [0.15, 0.2) is 5.43 Å². The molecule has 0 aliphatic carbocycles. The molecule has 4 rings (SSSR count). The van der Waals surface area contributed by atoms with Gasteiger partial charge in [-0.1, -0.05) is 23.3 Å². The van der Waals surface area contributed by atoms with Crippen LogP contribution in [0.5, 0.6) is 5.75 Å². The third-order valence-electron chi connectivity index (χ3n) is 4.59. The summed E-state index contributed by atoms with van der Waals surface area (Å²) in [5.74, 6) is -0.416. The van der Waals surface area contributed by atoms with Crippen LogP contribution in [0.15, 0.2) is 61.1 Å². The van der Waals surface area contributed by atoms with Crippen LogP contribution in [0.4, 0.5) is 0 Å². The zero-order valence-corrected chi connectivity index (χ0v) is 14.6. The summed E-state index contributed by atoms with van der Waals surface area (Å²) < 4.78 is 10.6. The number of hydrogen-bond acceptors (Lipinski definition) is 6. The van der Waals surface area contributed by atoms with Gasteiger partial charge in [-0.25, -0.2) is 4.79 Å². The van der Waals surface area contributed by atoms with Crippen LogP contribution in [0.3, 0.4) is 0 Å². The van der Waals surface area contributed by atoms with Gasteiger partial charge >= 0.3 is 5.63 Å². The van der Waals surface area contributed by atoms with Crippen LogP contribution in [0.2, 0.25) is 0 Å². The molecule has 2 aromatic carbocycles. The summed E-state index contributed by atoms with van der Waals surface area (Å²) in [6.07, 6.45) is -0.586. The molecule has 0 saturated carbocycles. The number of rotatable bonds is 2. The van der Waals surface area contributed by atoms with Crippen LogP contribution in [-0.2, 0) is 0 Å². The molecule has 136 valence electrons. The zero-order valence-electron chi connectivity index (χ0n) is 14.6. The lowest BCUT2D eigenvalue weighted by Gasteiger charge is -2.13. The highest BCUT2D eigenvalue weighted by atomic mass is 16.4. The van der Waals surface area contributed by atoms with E-state index in [1.54, 1.807) is 36.4 Å². The maximum Gasteiger partial charge on any atom is 0.346 e. The van der Waals surface area contributed by atoms with E-state index in [2.05, 4.69) is 0 Å². The molecule has 0 saturated heterocycles. The average Bonchev–Trinajstić information content (AvgIpc) is 2.63. The van der Waals surface area contributed by atoms with Crippen molar-refractivity contribution in [3.8, 4) is 5.75 Å². The normalized spacial score (nSPS) is 12.6. The van der Waals surface area contributed by atoms with Crippen molar-refractivity contribution in [2.45, 2.75) is 20.0 Å². The Morgan fingerprint density at radius 3 is 2.26 bits per heavy atom. The third-order valence-corrected chi connectivity index (χ3v) is 4.59. The second kappa shape index (κ2) is 6.10. The lowest BCUT2D eigenvalue weighted by molar-refractivity contribution is 0.207. The van der Waals surface area contributed by atoms with E-state index in [0.29, 0.717) is 5.58 Å². The molecule has 2 aromatic heterocycles. The van der Waals surface area contributed by atoms with Gasteiger partial charge in [-0.05, 0) is 38.1 Å². The number of aromatic hydroxyl groups is 1. The van der Waals surface area contributed by atoms with Crippen LogP contribution in [0.1, 0.15) is 28.4 Å². The number of aliphatic hydroxyl groups is 1. The second-order valence-electron chi connectivity index (χ2n) is 6.57. The van der Waals surface area contributed by atoms with Crippen LogP contribution in [0.25, 0.3) is 21.9 Å². The number of aliphatic hydroxyl groups excluding tert-OH is 1. The van der Waals surface area contributed by atoms with Crippen molar-refractivity contribution in [2.75, 3.05) is 0 Å². The number of benzene rings is 2. The van der Waals surface area contributed by atoms with E-state index in [-0.39, 0.29) is 21.9 Å². The van der Waals surface area contributed by atoms with Gasteiger partial charge in [0.25, 0.3) is 0 Å². The summed E-state index contributed by atoms with van der Waals surface area (Å²) in [5.41, 5.74) is 0.315. The Morgan fingerprint density at radius 2 is 1.56 bits per heavy atom. The number of hydrogen-bond donors (Lipinski definition) is 2. The first-order valence-corrected chi connectivity index (χ1v) is 8.33. The van der Waals surface area contributed by atoms with E-state index in [1.807, 2.05) is 13.8 Å². The monoisotopic (exact) mass is 364 g/mol. The van der Waals surface area contributed by atoms with Crippen LogP contribution in [-0.4, -0.2) is 10.2 Å². The molecular formula is C21H16O6. The highest BCUT2D eigenvalue weighted by molar-refractivity contribution is 5.85. The summed E-state index contributed by atoms with van der Waals surface area (Å²) in [6.45, 7) is 3.65. The largest absolute Gasteiger partial charge is 0.506 e. The molecule has 0 aliphatic heterocycles. The second-order valence-corrected chi connectivity index (χ2v) is 6.57. The molecule has 2 N–H and O–H groups in total. The molecule has 0 bridgehead atoms. The van der Waals surface area contributed by atoms with Crippen LogP contribution >= 0.6 is 0 Å². The SMILES string of the molecule is Cc1ccc2oc(=O)c(C(O)c3coc4ccc(C)cc4c3=O)c(O)c2c1. The molecule has 27 heavy (non-hydrogen) atoms. The smallest absolute Gasteiger partial charge is 0.346 e. The summed E-state index contributed by atoms with van der Waals surface area (Å²) in [7, 11) is 0. The van der Waals surface area contributed by atoms with E-state index >= 15 is 0 Å². The minimum atomic E-state index is -1.69. The van der Waals surface area contributed by atoms with Crippen molar-refractivity contribution in [3.63, 3.8) is 0 Å². The predicted octanol–water partition coefficient (Wildman–Crippen LogP) is 3.30. The van der Waals surface area contributed by atoms with E-state index in [4.69, 9.17) is 8.83 Å². The molecule has 2 heterocycles. The number of fused-ring (bicyclic) bond motifs is 2. The van der Waals surface area contributed by atoms with Gasteiger partial charge in [-0.3, -0.25) is 4.79 Å². The minimum Gasteiger partial charge on any atom is -0.506 e. The first kappa shape index (κ1) is 17.1. The van der Waals surface area contributed by atoms with E-state index < -0.39 is 28.5 Å². The summed E-state index contributed by atoms with van der Waals surface area (Å²) in [6, 6.07) is 10.0. The molecule has 0 amide bonds. The molecule has 6 nitrogen and oxygen atoms in total.